The van der Waals surface area contributed by atoms with Crippen molar-refractivity contribution >= 4 is 35.5 Å². The molecule has 93 heavy (non-hydrogen) atoms. The Kier molecular flexibility index (Phi) is 40.9. The standard InChI is InChI=1S/C82H117N3O8/c1-5-9-13-17-21-25-29-33-37-41-57-90-74-62-72(63-75(66-74)91-58-42-38-34-30-26-22-18-14-10-6-2)79(86)83-73-55-51-68(52-56-73)50-54-71-65-77(92-59-43-39-35-31-27-23-19-15-11-7-3)70(64-78(71)93-60-44-40-36-32-28-24-20-16-12-8-4)53-49-67-45-47-69(48-46-67)61-76-80(87)84-82(89)85-81(76)88/h45-48,51-52,55-56,61-66H,5-44,57-60H2,1-4H3,(H,83,86)(H2,84,85,87,88,89). The highest BCUT2D eigenvalue weighted by molar-refractivity contribution is 6.31. The van der Waals surface area contributed by atoms with Crippen LogP contribution in [0.3, 0.4) is 0 Å². The number of benzene rings is 4. The van der Waals surface area contributed by atoms with E-state index < -0.39 is 17.8 Å². The maximum Gasteiger partial charge on any atom is 0.328 e. The van der Waals surface area contributed by atoms with Gasteiger partial charge in [0.15, 0.2) is 0 Å². The number of carbonyl (C=O) groups is 4. The van der Waals surface area contributed by atoms with Gasteiger partial charge in [0.1, 0.15) is 28.6 Å². The number of imide groups is 2. The number of amides is 5. The summed E-state index contributed by atoms with van der Waals surface area (Å²) in [5.41, 5.74) is 4.44. The van der Waals surface area contributed by atoms with Gasteiger partial charge in [-0.05, 0) is 85.9 Å². The van der Waals surface area contributed by atoms with E-state index in [1.807, 2.05) is 66.7 Å². The van der Waals surface area contributed by atoms with Crippen LogP contribution in [0.15, 0.2) is 84.4 Å². The third kappa shape index (κ3) is 34.1. The number of anilines is 1. The molecule has 3 N–H and O–H groups in total. The van der Waals surface area contributed by atoms with Crippen molar-refractivity contribution in [2.75, 3.05) is 31.7 Å². The Morgan fingerprint density at radius 1 is 0.376 bits per heavy atom. The summed E-state index contributed by atoms with van der Waals surface area (Å²) in [5, 5.41) is 7.36. The molecule has 1 saturated heterocycles. The van der Waals surface area contributed by atoms with Gasteiger partial charge in [0.2, 0.25) is 0 Å². The molecule has 5 amide bonds. The van der Waals surface area contributed by atoms with Crippen LogP contribution in [0.2, 0.25) is 0 Å². The van der Waals surface area contributed by atoms with Gasteiger partial charge in [-0.2, -0.15) is 0 Å². The van der Waals surface area contributed by atoms with E-state index in [0.29, 0.717) is 82.9 Å². The lowest BCUT2D eigenvalue weighted by atomic mass is 10.1. The summed E-state index contributed by atoms with van der Waals surface area (Å²) >= 11 is 0. The van der Waals surface area contributed by atoms with Crippen molar-refractivity contribution in [3.8, 4) is 46.7 Å². The van der Waals surface area contributed by atoms with E-state index in [4.69, 9.17) is 18.9 Å². The molecule has 0 radical (unpaired) electrons. The van der Waals surface area contributed by atoms with Crippen molar-refractivity contribution in [1.29, 1.82) is 0 Å². The molecule has 508 valence electrons. The first-order valence-electron chi connectivity index (χ1n) is 37.0. The number of carbonyl (C=O) groups excluding carboxylic acids is 4. The molecule has 11 nitrogen and oxygen atoms in total. The van der Waals surface area contributed by atoms with E-state index in [1.54, 1.807) is 12.1 Å². The Morgan fingerprint density at radius 2 is 0.688 bits per heavy atom. The van der Waals surface area contributed by atoms with Crippen LogP contribution in [0.4, 0.5) is 10.5 Å². The normalized spacial score (nSPS) is 11.9. The van der Waals surface area contributed by atoms with Gasteiger partial charge in [0.25, 0.3) is 17.7 Å². The van der Waals surface area contributed by atoms with Crippen molar-refractivity contribution in [3.05, 3.63) is 118 Å². The molecule has 5 rings (SSSR count). The molecule has 1 fully saturated rings. The fraction of sp³-hybridized carbons (Fsp3) is 0.585. The molecule has 1 aliphatic rings. The van der Waals surface area contributed by atoms with Crippen LogP contribution in [0.1, 0.15) is 323 Å². The number of hydrogen-bond acceptors (Lipinski definition) is 8. The lowest BCUT2D eigenvalue weighted by Crippen LogP contribution is -2.51. The second-order valence-corrected chi connectivity index (χ2v) is 25.6. The third-order valence-electron chi connectivity index (χ3n) is 17.3. The molecular formula is C82H117N3O8. The number of urea groups is 1. The van der Waals surface area contributed by atoms with Crippen LogP contribution < -0.4 is 34.9 Å². The zero-order valence-corrected chi connectivity index (χ0v) is 58.0. The van der Waals surface area contributed by atoms with Crippen molar-refractivity contribution in [2.45, 2.75) is 285 Å². The average molecular weight is 1270 g/mol. The minimum atomic E-state index is -0.839. The second-order valence-electron chi connectivity index (χ2n) is 25.6. The van der Waals surface area contributed by atoms with Crippen molar-refractivity contribution in [1.82, 2.24) is 10.6 Å². The molecule has 0 aromatic heterocycles. The molecule has 0 aliphatic carbocycles. The van der Waals surface area contributed by atoms with Gasteiger partial charge in [-0.25, -0.2) is 4.79 Å². The van der Waals surface area contributed by atoms with Gasteiger partial charge in [-0.15, -0.1) is 0 Å². The Labute approximate surface area is 562 Å². The highest BCUT2D eigenvalue weighted by atomic mass is 16.5. The Morgan fingerprint density at radius 3 is 1.03 bits per heavy atom. The van der Waals surface area contributed by atoms with Crippen molar-refractivity contribution < 1.29 is 38.1 Å². The van der Waals surface area contributed by atoms with Crippen LogP contribution in [-0.4, -0.2) is 50.2 Å². The molecular weight excluding hydrogens is 1150 g/mol. The van der Waals surface area contributed by atoms with Crippen LogP contribution in [0.25, 0.3) is 6.08 Å². The summed E-state index contributed by atoms with van der Waals surface area (Å²) in [4.78, 5) is 50.5. The predicted octanol–water partition coefficient (Wildman–Crippen LogP) is 21.7. The van der Waals surface area contributed by atoms with Crippen LogP contribution in [0.5, 0.6) is 23.0 Å². The molecule has 4 aromatic rings. The topological polar surface area (TPSA) is 141 Å². The quantitative estimate of drug-likeness (QED) is 0.0172. The van der Waals surface area contributed by atoms with Crippen LogP contribution in [0, 0.1) is 23.7 Å². The summed E-state index contributed by atoms with van der Waals surface area (Å²) < 4.78 is 25.9. The molecule has 1 heterocycles. The number of unbranched alkanes of at least 4 members (excludes halogenated alkanes) is 36. The first kappa shape index (κ1) is 76.7. The summed E-state index contributed by atoms with van der Waals surface area (Å²) in [6, 6.07) is 23.5. The monoisotopic (exact) mass is 1270 g/mol. The number of barbiturate groups is 1. The molecule has 4 aromatic carbocycles. The van der Waals surface area contributed by atoms with Crippen molar-refractivity contribution in [3.63, 3.8) is 0 Å². The average Bonchev–Trinajstić information content (AvgIpc) is 1.03. The fourth-order valence-corrected chi connectivity index (χ4v) is 11.5. The van der Waals surface area contributed by atoms with Crippen LogP contribution >= 0.6 is 0 Å². The van der Waals surface area contributed by atoms with Crippen molar-refractivity contribution in [2.24, 2.45) is 0 Å². The highest BCUT2D eigenvalue weighted by Gasteiger charge is 2.27. The molecule has 11 heteroatoms. The molecule has 0 bridgehead atoms. The second kappa shape index (κ2) is 49.6. The van der Waals surface area contributed by atoms with E-state index in [2.05, 4.69) is 67.3 Å². The lowest BCUT2D eigenvalue weighted by molar-refractivity contribution is -0.123. The van der Waals surface area contributed by atoms with E-state index >= 15 is 0 Å². The van der Waals surface area contributed by atoms with E-state index in [0.717, 1.165) is 56.9 Å². The molecule has 0 atom stereocenters. The fourth-order valence-electron chi connectivity index (χ4n) is 11.5. The van der Waals surface area contributed by atoms with E-state index in [1.165, 1.54) is 212 Å². The predicted molar refractivity (Wildman–Crippen MR) is 385 cm³/mol. The largest absolute Gasteiger partial charge is 0.493 e. The molecule has 1 aliphatic heterocycles. The zero-order valence-electron chi connectivity index (χ0n) is 58.0. The van der Waals surface area contributed by atoms with Gasteiger partial charge in [-0.3, -0.25) is 25.0 Å². The van der Waals surface area contributed by atoms with Gasteiger partial charge >= 0.3 is 6.03 Å². The summed E-state index contributed by atoms with van der Waals surface area (Å²) in [7, 11) is 0. The Balaban J connectivity index is 1.32. The number of hydrogen-bond donors (Lipinski definition) is 3. The number of rotatable bonds is 51. The third-order valence-corrected chi connectivity index (χ3v) is 17.3. The van der Waals surface area contributed by atoms with Gasteiger partial charge in [0, 0.05) is 40.6 Å². The maximum absolute atomic E-state index is 14.1. The summed E-state index contributed by atoms with van der Waals surface area (Å²) in [6.07, 6.45) is 50.9. The lowest BCUT2D eigenvalue weighted by Gasteiger charge is -2.14. The highest BCUT2D eigenvalue weighted by Crippen LogP contribution is 2.31. The summed E-state index contributed by atoms with van der Waals surface area (Å²) in [6.45, 7) is 11.3. The smallest absolute Gasteiger partial charge is 0.328 e. The zero-order chi connectivity index (χ0) is 66.0. The van der Waals surface area contributed by atoms with E-state index in [-0.39, 0.29) is 11.5 Å². The molecule has 0 saturated carbocycles. The van der Waals surface area contributed by atoms with Gasteiger partial charge < -0.3 is 24.3 Å². The SMILES string of the molecule is CCCCCCCCCCCCOc1cc(OCCCCCCCCCCCC)cc(C(=O)Nc2ccc(C#Cc3cc(OCCCCCCCCCCCC)c(C#Cc4ccc(C=C5C(=O)NC(=O)NC5=O)cc4)cc3OCCCCCCCCCCCC)cc2)c1. The Bertz CT molecular complexity index is 2840. The van der Waals surface area contributed by atoms with Gasteiger partial charge in [0.05, 0.1) is 37.6 Å². The minimum Gasteiger partial charge on any atom is -0.493 e. The van der Waals surface area contributed by atoms with E-state index in [9.17, 15) is 19.2 Å². The number of ether oxygens (including phenoxy) is 4. The van der Waals surface area contributed by atoms with Crippen LogP contribution in [-0.2, 0) is 9.59 Å². The number of nitrogens with one attached hydrogen (secondary N) is 3. The first-order chi connectivity index (χ1) is 45.7. The minimum absolute atomic E-state index is 0.154. The Hall–Kier alpha value is -6.98. The van der Waals surface area contributed by atoms with Gasteiger partial charge in [-0.1, -0.05) is 295 Å². The first-order valence-corrected chi connectivity index (χ1v) is 37.0. The summed E-state index contributed by atoms with van der Waals surface area (Å²) in [5.74, 6) is 14.3. The maximum atomic E-state index is 14.1. The molecule has 0 unspecified atom stereocenters. The molecule has 0 spiro atoms.